The van der Waals surface area contributed by atoms with Crippen LogP contribution in [0, 0.1) is 0 Å². The quantitative estimate of drug-likeness (QED) is 0.870. The SMILES string of the molecule is O=C(NCc1csc2c1CCCC2)N1CCC[C@H](c2cc(=O)[nH]cn2)C1. The van der Waals surface area contributed by atoms with Crippen molar-refractivity contribution in [2.75, 3.05) is 13.1 Å². The van der Waals surface area contributed by atoms with Gasteiger partial charge >= 0.3 is 6.03 Å². The molecule has 4 rings (SSSR count). The van der Waals surface area contributed by atoms with Gasteiger partial charge in [0.15, 0.2) is 0 Å². The average molecular weight is 372 g/mol. The van der Waals surface area contributed by atoms with Gasteiger partial charge < -0.3 is 15.2 Å². The summed E-state index contributed by atoms with van der Waals surface area (Å²) in [6, 6.07) is 1.53. The van der Waals surface area contributed by atoms with E-state index in [4.69, 9.17) is 0 Å². The molecule has 1 aliphatic carbocycles. The third-order valence-corrected chi connectivity index (χ3v) is 6.54. The Kier molecular flexibility index (Phi) is 5.06. The van der Waals surface area contributed by atoms with Gasteiger partial charge in [-0.1, -0.05) is 0 Å². The lowest BCUT2D eigenvalue weighted by atomic mass is 9.94. The number of amides is 2. The Labute approximate surface area is 156 Å². The molecule has 0 aromatic carbocycles. The molecule has 0 unspecified atom stereocenters. The lowest BCUT2D eigenvalue weighted by Crippen LogP contribution is -2.45. The molecular formula is C19H24N4O2S. The molecule has 1 aliphatic heterocycles. The smallest absolute Gasteiger partial charge is 0.317 e. The van der Waals surface area contributed by atoms with Crippen LogP contribution in [0.3, 0.4) is 0 Å². The lowest BCUT2D eigenvalue weighted by molar-refractivity contribution is 0.178. The molecule has 138 valence electrons. The van der Waals surface area contributed by atoms with Crippen LogP contribution >= 0.6 is 11.3 Å². The monoisotopic (exact) mass is 372 g/mol. The zero-order chi connectivity index (χ0) is 17.9. The van der Waals surface area contributed by atoms with E-state index in [9.17, 15) is 9.59 Å². The normalized spacial score (nSPS) is 19.8. The Hall–Kier alpha value is -2.15. The number of hydrogen-bond donors (Lipinski definition) is 2. The number of aryl methyl sites for hydroxylation is 1. The van der Waals surface area contributed by atoms with Gasteiger partial charge in [0.2, 0.25) is 0 Å². The van der Waals surface area contributed by atoms with Gasteiger partial charge in [0.05, 0.1) is 12.0 Å². The molecule has 2 N–H and O–H groups in total. The molecule has 2 aliphatic rings. The molecule has 2 aromatic rings. The summed E-state index contributed by atoms with van der Waals surface area (Å²) in [7, 11) is 0. The summed E-state index contributed by atoms with van der Waals surface area (Å²) in [5.41, 5.74) is 3.38. The summed E-state index contributed by atoms with van der Waals surface area (Å²) < 4.78 is 0. The molecule has 1 saturated heterocycles. The topological polar surface area (TPSA) is 78.1 Å². The number of nitrogens with one attached hydrogen (secondary N) is 2. The Morgan fingerprint density at radius 1 is 1.35 bits per heavy atom. The Balaban J connectivity index is 1.37. The van der Waals surface area contributed by atoms with Crippen LogP contribution in [0.5, 0.6) is 0 Å². The van der Waals surface area contributed by atoms with E-state index < -0.39 is 0 Å². The lowest BCUT2D eigenvalue weighted by Gasteiger charge is -2.32. The molecule has 26 heavy (non-hydrogen) atoms. The number of aromatic amines is 1. The summed E-state index contributed by atoms with van der Waals surface area (Å²) in [6.45, 7) is 1.98. The van der Waals surface area contributed by atoms with Crippen LogP contribution in [0.4, 0.5) is 4.79 Å². The third-order valence-electron chi connectivity index (χ3n) is 5.40. The van der Waals surface area contributed by atoms with Crippen molar-refractivity contribution in [2.24, 2.45) is 0 Å². The van der Waals surface area contributed by atoms with Crippen LogP contribution in [-0.2, 0) is 19.4 Å². The summed E-state index contributed by atoms with van der Waals surface area (Å²) in [5.74, 6) is 0.130. The molecule has 6 nitrogen and oxygen atoms in total. The zero-order valence-electron chi connectivity index (χ0n) is 14.8. The van der Waals surface area contributed by atoms with E-state index in [2.05, 4.69) is 20.7 Å². The van der Waals surface area contributed by atoms with Crippen LogP contribution in [0.25, 0.3) is 0 Å². The van der Waals surface area contributed by atoms with Crippen LogP contribution in [-0.4, -0.2) is 34.0 Å². The van der Waals surface area contributed by atoms with Crippen LogP contribution < -0.4 is 10.9 Å². The number of nitrogens with zero attached hydrogens (tertiary/aromatic N) is 2. The van der Waals surface area contributed by atoms with Crippen molar-refractivity contribution in [1.29, 1.82) is 0 Å². The molecule has 2 aromatic heterocycles. The van der Waals surface area contributed by atoms with Gasteiger partial charge in [0.25, 0.3) is 5.56 Å². The fourth-order valence-corrected chi connectivity index (χ4v) is 5.15. The highest BCUT2D eigenvalue weighted by Gasteiger charge is 2.26. The average Bonchev–Trinajstić information content (AvgIpc) is 3.09. The molecule has 0 saturated carbocycles. The van der Waals surface area contributed by atoms with Gasteiger partial charge in [-0.15, -0.1) is 11.3 Å². The van der Waals surface area contributed by atoms with Crippen LogP contribution in [0.1, 0.15) is 53.3 Å². The van der Waals surface area contributed by atoms with E-state index in [-0.39, 0.29) is 17.5 Å². The number of likely N-dealkylation sites (tertiary alicyclic amines) is 1. The zero-order valence-corrected chi connectivity index (χ0v) is 15.6. The van der Waals surface area contributed by atoms with Gasteiger partial charge in [-0.05, 0) is 55.0 Å². The van der Waals surface area contributed by atoms with Crippen molar-refractivity contribution >= 4 is 17.4 Å². The van der Waals surface area contributed by atoms with Crippen molar-refractivity contribution < 1.29 is 4.79 Å². The summed E-state index contributed by atoms with van der Waals surface area (Å²) in [6.07, 6.45) is 8.19. The van der Waals surface area contributed by atoms with Gasteiger partial charge in [0.1, 0.15) is 0 Å². The molecular weight excluding hydrogens is 348 g/mol. The van der Waals surface area contributed by atoms with E-state index in [0.717, 1.165) is 31.5 Å². The number of H-pyrrole nitrogens is 1. The third kappa shape index (κ3) is 3.67. The fraction of sp³-hybridized carbons (Fsp3) is 0.526. The predicted molar refractivity (Wildman–Crippen MR) is 102 cm³/mol. The molecule has 2 amide bonds. The predicted octanol–water partition coefficient (Wildman–Crippen LogP) is 2.80. The van der Waals surface area contributed by atoms with E-state index in [0.29, 0.717) is 13.1 Å². The maximum atomic E-state index is 12.6. The molecule has 0 bridgehead atoms. The number of piperidine rings is 1. The number of aromatic nitrogens is 2. The molecule has 0 radical (unpaired) electrons. The highest BCUT2D eigenvalue weighted by molar-refractivity contribution is 7.10. The minimum Gasteiger partial charge on any atom is -0.334 e. The minimum absolute atomic E-state index is 0.0182. The fourth-order valence-electron chi connectivity index (χ4n) is 4.00. The Bertz CT molecular complexity index is 844. The van der Waals surface area contributed by atoms with Crippen molar-refractivity contribution in [3.63, 3.8) is 0 Å². The van der Waals surface area contributed by atoms with Crippen molar-refractivity contribution in [3.8, 4) is 0 Å². The second kappa shape index (κ2) is 7.61. The van der Waals surface area contributed by atoms with Gasteiger partial charge in [-0.3, -0.25) is 4.79 Å². The standard InChI is InChI=1S/C19H24N4O2S/c24-18-8-16(21-12-22-18)13-4-3-7-23(10-13)19(25)20-9-14-11-26-17-6-2-1-5-15(14)17/h8,11-13H,1-7,9-10H2,(H,20,25)(H,21,22,24)/t13-/m0/s1. The Morgan fingerprint density at radius 2 is 2.23 bits per heavy atom. The Morgan fingerprint density at radius 3 is 3.12 bits per heavy atom. The minimum atomic E-state index is -0.140. The second-order valence-corrected chi connectivity index (χ2v) is 8.11. The number of carbonyl (C=O) groups is 1. The van der Waals surface area contributed by atoms with E-state index >= 15 is 0 Å². The second-order valence-electron chi connectivity index (χ2n) is 7.15. The van der Waals surface area contributed by atoms with E-state index in [1.807, 2.05) is 16.2 Å². The number of thiophene rings is 1. The number of carbonyl (C=O) groups excluding carboxylic acids is 1. The van der Waals surface area contributed by atoms with E-state index in [1.165, 1.54) is 41.6 Å². The first-order valence-corrected chi connectivity index (χ1v) is 10.2. The maximum absolute atomic E-state index is 12.6. The van der Waals surface area contributed by atoms with Crippen molar-refractivity contribution in [3.05, 3.63) is 49.8 Å². The molecule has 7 heteroatoms. The molecule has 0 spiro atoms. The summed E-state index contributed by atoms with van der Waals surface area (Å²) in [4.78, 5) is 34.3. The number of urea groups is 1. The van der Waals surface area contributed by atoms with Crippen LogP contribution in [0.15, 0.2) is 22.6 Å². The number of rotatable bonds is 3. The highest BCUT2D eigenvalue weighted by atomic mass is 32.1. The number of fused-ring (bicyclic) bond motifs is 1. The van der Waals surface area contributed by atoms with Gasteiger partial charge in [0, 0.05) is 36.5 Å². The summed E-state index contributed by atoms with van der Waals surface area (Å²) in [5, 5.41) is 5.30. The highest BCUT2D eigenvalue weighted by Crippen LogP contribution is 2.30. The molecule has 1 atom stereocenters. The van der Waals surface area contributed by atoms with Crippen molar-refractivity contribution in [1.82, 2.24) is 20.2 Å². The first-order valence-electron chi connectivity index (χ1n) is 9.36. The molecule has 1 fully saturated rings. The first-order chi connectivity index (χ1) is 12.7. The van der Waals surface area contributed by atoms with Gasteiger partial charge in [-0.25, -0.2) is 9.78 Å². The van der Waals surface area contributed by atoms with Crippen LogP contribution in [0.2, 0.25) is 0 Å². The van der Waals surface area contributed by atoms with E-state index in [1.54, 1.807) is 6.07 Å². The first kappa shape index (κ1) is 17.3. The maximum Gasteiger partial charge on any atom is 0.317 e. The molecule has 3 heterocycles. The number of hydrogen-bond acceptors (Lipinski definition) is 4. The summed E-state index contributed by atoms with van der Waals surface area (Å²) >= 11 is 1.83. The van der Waals surface area contributed by atoms with Gasteiger partial charge in [-0.2, -0.15) is 0 Å². The largest absolute Gasteiger partial charge is 0.334 e. The van der Waals surface area contributed by atoms with Crippen molar-refractivity contribution in [2.45, 2.75) is 51.0 Å².